The third kappa shape index (κ3) is 3.65. The average Bonchev–Trinajstić information content (AvgIpc) is 2.35. The summed E-state index contributed by atoms with van der Waals surface area (Å²) in [5, 5.41) is 2.89. The van der Waals surface area contributed by atoms with E-state index in [1.165, 1.54) is 22.5 Å². The third-order valence-electron chi connectivity index (χ3n) is 2.85. The Morgan fingerprint density at radius 3 is 2.55 bits per heavy atom. The lowest BCUT2D eigenvalue weighted by atomic mass is 10.2. The molecular formula is C14H21FN2O2S. The second-order valence-corrected chi connectivity index (χ2v) is 6.61. The second kappa shape index (κ2) is 6.97. The van der Waals surface area contributed by atoms with Gasteiger partial charge in [0.05, 0.1) is 0 Å². The predicted molar refractivity (Wildman–Crippen MR) is 78.4 cm³/mol. The fourth-order valence-corrected chi connectivity index (χ4v) is 3.56. The molecule has 6 heteroatoms. The molecule has 0 radical (unpaired) electrons. The zero-order valence-electron chi connectivity index (χ0n) is 12.1. The van der Waals surface area contributed by atoms with Crippen molar-refractivity contribution in [2.24, 2.45) is 0 Å². The van der Waals surface area contributed by atoms with E-state index < -0.39 is 15.8 Å². The maximum Gasteiger partial charge on any atom is 0.246 e. The smallest absolute Gasteiger partial charge is 0.246 e. The van der Waals surface area contributed by atoms with Crippen LogP contribution in [0.2, 0.25) is 0 Å². The lowest BCUT2D eigenvalue weighted by Crippen LogP contribution is -2.37. The first-order valence-corrected chi connectivity index (χ1v) is 7.84. The van der Waals surface area contributed by atoms with Crippen LogP contribution in [0.3, 0.4) is 0 Å². The van der Waals surface area contributed by atoms with Crippen LogP contribution in [0.15, 0.2) is 35.7 Å². The van der Waals surface area contributed by atoms with Crippen LogP contribution in [0, 0.1) is 5.82 Å². The molecule has 1 rings (SSSR count). The molecule has 0 atom stereocenters. The van der Waals surface area contributed by atoms with Gasteiger partial charge in [0.2, 0.25) is 10.0 Å². The van der Waals surface area contributed by atoms with Crippen molar-refractivity contribution in [1.29, 1.82) is 0 Å². The Morgan fingerprint density at radius 1 is 1.45 bits per heavy atom. The molecule has 112 valence electrons. The highest BCUT2D eigenvalue weighted by Gasteiger charge is 2.28. The van der Waals surface area contributed by atoms with E-state index in [0.717, 1.165) is 0 Å². The molecule has 0 unspecified atom stereocenters. The fraction of sp³-hybridized carbons (Fsp3) is 0.429. The molecule has 0 aliphatic heterocycles. The van der Waals surface area contributed by atoms with Crippen LogP contribution >= 0.6 is 0 Å². The van der Waals surface area contributed by atoms with E-state index >= 15 is 0 Å². The zero-order chi connectivity index (χ0) is 15.3. The van der Waals surface area contributed by atoms with E-state index in [0.29, 0.717) is 12.1 Å². The summed E-state index contributed by atoms with van der Waals surface area (Å²) >= 11 is 0. The van der Waals surface area contributed by atoms with Crippen LogP contribution in [0.1, 0.15) is 19.4 Å². The normalized spacial score (nSPS) is 12.1. The van der Waals surface area contributed by atoms with E-state index in [4.69, 9.17) is 0 Å². The first-order valence-electron chi connectivity index (χ1n) is 6.40. The molecule has 0 saturated heterocycles. The topological polar surface area (TPSA) is 49.4 Å². The van der Waals surface area contributed by atoms with Crippen molar-refractivity contribution in [3.05, 3.63) is 42.2 Å². The molecule has 4 nitrogen and oxygen atoms in total. The lowest BCUT2D eigenvalue weighted by molar-refractivity contribution is 0.380. The Labute approximate surface area is 120 Å². The predicted octanol–water partition coefficient (Wildman–Crippen LogP) is 2.13. The van der Waals surface area contributed by atoms with Gasteiger partial charge in [-0.15, -0.1) is 6.58 Å². The first-order chi connectivity index (χ1) is 9.34. The molecule has 1 aromatic carbocycles. The van der Waals surface area contributed by atoms with Crippen molar-refractivity contribution in [2.75, 3.05) is 13.6 Å². The summed E-state index contributed by atoms with van der Waals surface area (Å²) in [5.41, 5.74) is 0.698. The first kappa shape index (κ1) is 16.8. The summed E-state index contributed by atoms with van der Waals surface area (Å²) in [5.74, 6) is -0.729. The number of hydrogen-bond acceptors (Lipinski definition) is 3. The van der Waals surface area contributed by atoms with Gasteiger partial charge in [0.1, 0.15) is 10.7 Å². The molecule has 0 aliphatic rings. The maximum absolute atomic E-state index is 14.1. The molecule has 0 aliphatic carbocycles. The van der Waals surface area contributed by atoms with Gasteiger partial charge in [0.15, 0.2) is 0 Å². The second-order valence-electron chi connectivity index (χ2n) is 4.75. The largest absolute Gasteiger partial charge is 0.316 e. The highest BCUT2D eigenvalue weighted by molar-refractivity contribution is 7.89. The molecule has 20 heavy (non-hydrogen) atoms. The Kier molecular flexibility index (Phi) is 5.86. The highest BCUT2D eigenvalue weighted by atomic mass is 32.2. The number of halogens is 1. The van der Waals surface area contributed by atoms with Gasteiger partial charge in [-0.1, -0.05) is 12.1 Å². The van der Waals surface area contributed by atoms with Crippen LogP contribution < -0.4 is 5.32 Å². The molecule has 0 amide bonds. The van der Waals surface area contributed by atoms with Crippen molar-refractivity contribution < 1.29 is 12.8 Å². The van der Waals surface area contributed by atoms with Crippen molar-refractivity contribution in [3.8, 4) is 0 Å². The molecule has 1 aromatic rings. The molecule has 1 N–H and O–H groups in total. The number of benzene rings is 1. The van der Waals surface area contributed by atoms with Gasteiger partial charge >= 0.3 is 0 Å². The number of nitrogens with one attached hydrogen (secondary N) is 1. The highest BCUT2D eigenvalue weighted by Crippen LogP contribution is 2.22. The summed E-state index contributed by atoms with van der Waals surface area (Å²) in [6.07, 6.45) is 1.49. The Morgan fingerprint density at radius 2 is 2.10 bits per heavy atom. The molecule has 0 saturated carbocycles. The lowest BCUT2D eigenvalue weighted by Gasteiger charge is -2.24. The van der Waals surface area contributed by atoms with E-state index in [9.17, 15) is 12.8 Å². The molecule has 0 fully saturated rings. The minimum Gasteiger partial charge on any atom is -0.316 e. The van der Waals surface area contributed by atoms with Gasteiger partial charge in [0.25, 0.3) is 0 Å². The molecule has 0 heterocycles. The Balaban J connectivity index is 3.23. The monoisotopic (exact) mass is 300 g/mol. The fourth-order valence-electron chi connectivity index (χ4n) is 1.91. The van der Waals surface area contributed by atoms with Gasteiger partial charge < -0.3 is 5.32 Å². The molecule has 0 bridgehead atoms. The number of sulfonamides is 1. The number of nitrogens with zero attached hydrogens (tertiary/aromatic N) is 1. The quantitative estimate of drug-likeness (QED) is 0.785. The molecular weight excluding hydrogens is 279 g/mol. The van der Waals surface area contributed by atoms with Crippen LogP contribution in [0.5, 0.6) is 0 Å². The number of rotatable bonds is 7. The SMILES string of the molecule is C=CCN(C(C)C)S(=O)(=O)c1ccc(CNC)cc1F. The van der Waals surface area contributed by atoms with Crippen molar-refractivity contribution in [3.63, 3.8) is 0 Å². The van der Waals surface area contributed by atoms with Crippen molar-refractivity contribution in [1.82, 2.24) is 9.62 Å². The summed E-state index contributed by atoms with van der Waals surface area (Å²) < 4.78 is 40.2. The van der Waals surface area contributed by atoms with Crippen LogP contribution in [0.25, 0.3) is 0 Å². The summed E-state index contributed by atoms with van der Waals surface area (Å²) in [4.78, 5) is -0.298. The van der Waals surface area contributed by atoms with Crippen LogP contribution in [-0.2, 0) is 16.6 Å². The van der Waals surface area contributed by atoms with Gasteiger partial charge in [-0.2, -0.15) is 4.31 Å². The van der Waals surface area contributed by atoms with E-state index in [1.54, 1.807) is 27.0 Å². The minimum absolute atomic E-state index is 0.151. The van der Waals surface area contributed by atoms with Gasteiger partial charge in [0, 0.05) is 19.1 Å². The number of hydrogen-bond donors (Lipinski definition) is 1. The molecule has 0 aromatic heterocycles. The summed E-state index contributed by atoms with van der Waals surface area (Å²) in [6, 6.07) is 3.90. The van der Waals surface area contributed by atoms with Crippen molar-refractivity contribution in [2.45, 2.75) is 31.3 Å². The summed E-state index contributed by atoms with van der Waals surface area (Å²) in [6.45, 7) is 7.67. The van der Waals surface area contributed by atoms with Crippen LogP contribution in [-0.4, -0.2) is 32.4 Å². The van der Waals surface area contributed by atoms with Gasteiger partial charge in [-0.05, 0) is 38.6 Å². The molecule has 0 spiro atoms. The maximum atomic E-state index is 14.1. The van der Waals surface area contributed by atoms with E-state index in [1.807, 2.05) is 0 Å². The van der Waals surface area contributed by atoms with Crippen LogP contribution in [0.4, 0.5) is 4.39 Å². The minimum atomic E-state index is -3.86. The van der Waals surface area contributed by atoms with Gasteiger partial charge in [-0.3, -0.25) is 0 Å². The third-order valence-corrected chi connectivity index (χ3v) is 4.92. The van der Waals surface area contributed by atoms with E-state index in [-0.39, 0.29) is 17.5 Å². The summed E-state index contributed by atoms with van der Waals surface area (Å²) in [7, 11) is -2.11. The average molecular weight is 300 g/mol. The Bertz CT molecular complexity index is 571. The standard InChI is InChI=1S/C14H21FN2O2S/c1-5-8-17(11(2)3)20(18,19)14-7-6-12(10-16-4)9-13(14)15/h5-7,9,11,16H,1,8,10H2,2-4H3. The Hall–Kier alpha value is -1.24. The van der Waals surface area contributed by atoms with Crippen molar-refractivity contribution >= 4 is 10.0 Å². The van der Waals surface area contributed by atoms with E-state index in [2.05, 4.69) is 11.9 Å². The zero-order valence-corrected chi connectivity index (χ0v) is 12.9. The van der Waals surface area contributed by atoms with Gasteiger partial charge in [-0.25, -0.2) is 12.8 Å².